The normalized spacial score (nSPS) is 19.9. The molecule has 3 nitrogen and oxygen atoms in total. The molecule has 0 aliphatic carbocycles. The van der Waals surface area contributed by atoms with Crippen molar-refractivity contribution in [3.63, 3.8) is 0 Å². The van der Waals surface area contributed by atoms with E-state index in [-0.39, 0.29) is 0 Å². The van der Waals surface area contributed by atoms with Gasteiger partial charge in [-0.3, -0.25) is 0 Å². The molecule has 2 aromatic rings. The van der Waals surface area contributed by atoms with Crippen molar-refractivity contribution >= 4 is 10.9 Å². The zero-order chi connectivity index (χ0) is 12.9. The highest BCUT2D eigenvalue weighted by molar-refractivity contribution is 5.83. The standard InChI is InChI=1S/C16H23N3/c1-2-7-16-15(6-1)13(11-19-16)8-10-17-12-14-5-3-4-9-18-14/h1-2,6-7,11,14,17-19H,3-5,8-10,12H2. The van der Waals surface area contributed by atoms with E-state index in [9.17, 15) is 0 Å². The minimum absolute atomic E-state index is 0.678. The fraction of sp³-hybridized carbons (Fsp3) is 0.500. The molecule has 0 radical (unpaired) electrons. The summed E-state index contributed by atoms with van der Waals surface area (Å²) in [4.78, 5) is 3.34. The van der Waals surface area contributed by atoms with E-state index in [4.69, 9.17) is 0 Å². The Labute approximate surface area is 114 Å². The van der Waals surface area contributed by atoms with Gasteiger partial charge in [0, 0.05) is 29.7 Å². The Morgan fingerprint density at radius 2 is 2.16 bits per heavy atom. The molecule has 1 unspecified atom stereocenters. The topological polar surface area (TPSA) is 39.8 Å². The first-order chi connectivity index (χ1) is 9.43. The van der Waals surface area contributed by atoms with E-state index in [0.717, 1.165) is 19.5 Å². The lowest BCUT2D eigenvalue weighted by Gasteiger charge is -2.23. The maximum atomic E-state index is 3.58. The highest BCUT2D eigenvalue weighted by Crippen LogP contribution is 2.17. The molecule has 102 valence electrons. The summed E-state index contributed by atoms with van der Waals surface area (Å²) in [6, 6.07) is 9.20. The van der Waals surface area contributed by atoms with Crippen LogP contribution in [0.4, 0.5) is 0 Å². The number of rotatable bonds is 5. The van der Waals surface area contributed by atoms with Crippen molar-refractivity contribution in [3.8, 4) is 0 Å². The van der Waals surface area contributed by atoms with Crippen molar-refractivity contribution in [1.82, 2.24) is 15.6 Å². The number of aromatic nitrogens is 1. The predicted octanol–water partition coefficient (Wildman–Crippen LogP) is 2.44. The summed E-state index contributed by atoms with van der Waals surface area (Å²) < 4.78 is 0. The van der Waals surface area contributed by atoms with Crippen LogP contribution in [0.15, 0.2) is 30.5 Å². The van der Waals surface area contributed by atoms with E-state index in [1.807, 2.05) is 0 Å². The zero-order valence-electron chi connectivity index (χ0n) is 11.4. The summed E-state index contributed by atoms with van der Waals surface area (Å²) in [6.07, 6.45) is 7.27. The molecule has 1 fully saturated rings. The number of benzene rings is 1. The maximum Gasteiger partial charge on any atom is 0.0456 e. The molecule has 3 heteroatoms. The smallest absolute Gasteiger partial charge is 0.0456 e. The van der Waals surface area contributed by atoms with Gasteiger partial charge >= 0.3 is 0 Å². The molecule has 1 aromatic carbocycles. The first-order valence-corrected chi connectivity index (χ1v) is 7.42. The van der Waals surface area contributed by atoms with Crippen LogP contribution in [0.5, 0.6) is 0 Å². The van der Waals surface area contributed by atoms with Crippen LogP contribution in [0.25, 0.3) is 10.9 Å². The Morgan fingerprint density at radius 3 is 3.05 bits per heavy atom. The molecule has 19 heavy (non-hydrogen) atoms. The van der Waals surface area contributed by atoms with Crippen molar-refractivity contribution in [3.05, 3.63) is 36.0 Å². The second-order valence-corrected chi connectivity index (χ2v) is 5.46. The molecule has 1 aliphatic heterocycles. The molecular weight excluding hydrogens is 234 g/mol. The third-order valence-electron chi connectivity index (χ3n) is 4.05. The summed E-state index contributed by atoms with van der Waals surface area (Å²) >= 11 is 0. The SMILES string of the molecule is c1ccc2c(CCNCC3CCCCN3)c[nH]c2c1. The second kappa shape index (κ2) is 6.22. The van der Waals surface area contributed by atoms with Gasteiger partial charge in [-0.15, -0.1) is 0 Å². The van der Waals surface area contributed by atoms with Gasteiger partial charge in [-0.25, -0.2) is 0 Å². The van der Waals surface area contributed by atoms with Gasteiger partial charge in [-0.05, 0) is 44.0 Å². The molecule has 1 saturated heterocycles. The summed E-state index contributed by atoms with van der Waals surface area (Å²) in [5.74, 6) is 0. The van der Waals surface area contributed by atoms with Gasteiger partial charge in [0.1, 0.15) is 0 Å². The van der Waals surface area contributed by atoms with Crippen LogP contribution in [0, 0.1) is 0 Å². The molecule has 2 heterocycles. The van der Waals surface area contributed by atoms with Gasteiger partial charge in [0.15, 0.2) is 0 Å². The summed E-state index contributed by atoms with van der Waals surface area (Å²) in [7, 11) is 0. The summed E-state index contributed by atoms with van der Waals surface area (Å²) in [6.45, 7) is 3.34. The van der Waals surface area contributed by atoms with Crippen molar-refractivity contribution in [2.75, 3.05) is 19.6 Å². The third kappa shape index (κ3) is 3.17. The van der Waals surface area contributed by atoms with Crippen LogP contribution < -0.4 is 10.6 Å². The number of hydrogen-bond donors (Lipinski definition) is 3. The first-order valence-electron chi connectivity index (χ1n) is 7.42. The van der Waals surface area contributed by atoms with Gasteiger partial charge in [0.25, 0.3) is 0 Å². The Kier molecular flexibility index (Phi) is 4.16. The second-order valence-electron chi connectivity index (χ2n) is 5.46. The van der Waals surface area contributed by atoms with E-state index in [1.165, 1.54) is 42.3 Å². The highest BCUT2D eigenvalue weighted by Gasteiger charge is 2.11. The van der Waals surface area contributed by atoms with E-state index in [1.54, 1.807) is 0 Å². The summed E-state index contributed by atoms with van der Waals surface area (Å²) in [5.41, 5.74) is 2.66. The quantitative estimate of drug-likeness (QED) is 0.720. The van der Waals surface area contributed by atoms with E-state index >= 15 is 0 Å². The first kappa shape index (κ1) is 12.7. The van der Waals surface area contributed by atoms with Crippen LogP contribution >= 0.6 is 0 Å². The predicted molar refractivity (Wildman–Crippen MR) is 80.5 cm³/mol. The fourth-order valence-electron chi connectivity index (χ4n) is 2.94. The van der Waals surface area contributed by atoms with Crippen LogP contribution in [0.3, 0.4) is 0 Å². The molecule has 0 bridgehead atoms. The van der Waals surface area contributed by atoms with Crippen LogP contribution in [-0.2, 0) is 6.42 Å². The van der Waals surface area contributed by atoms with Crippen molar-refractivity contribution in [1.29, 1.82) is 0 Å². The van der Waals surface area contributed by atoms with Crippen molar-refractivity contribution in [2.24, 2.45) is 0 Å². The average molecular weight is 257 g/mol. The number of H-pyrrole nitrogens is 1. The van der Waals surface area contributed by atoms with E-state index in [0.29, 0.717) is 6.04 Å². The zero-order valence-corrected chi connectivity index (χ0v) is 11.4. The largest absolute Gasteiger partial charge is 0.361 e. The molecule has 0 amide bonds. The molecule has 0 spiro atoms. The molecule has 1 aliphatic rings. The Morgan fingerprint density at radius 1 is 1.21 bits per heavy atom. The van der Waals surface area contributed by atoms with Gasteiger partial charge in [0.2, 0.25) is 0 Å². The van der Waals surface area contributed by atoms with Crippen molar-refractivity contribution < 1.29 is 0 Å². The van der Waals surface area contributed by atoms with Crippen LogP contribution in [-0.4, -0.2) is 30.7 Å². The average Bonchev–Trinajstić information content (AvgIpc) is 2.88. The van der Waals surface area contributed by atoms with E-state index < -0.39 is 0 Å². The fourth-order valence-corrected chi connectivity index (χ4v) is 2.94. The Balaban J connectivity index is 1.47. The molecule has 1 aromatic heterocycles. The number of fused-ring (bicyclic) bond motifs is 1. The minimum atomic E-state index is 0.678. The lowest BCUT2D eigenvalue weighted by molar-refractivity contribution is 0.384. The van der Waals surface area contributed by atoms with Gasteiger partial charge in [0.05, 0.1) is 0 Å². The molecule has 3 rings (SSSR count). The van der Waals surface area contributed by atoms with E-state index in [2.05, 4.69) is 46.1 Å². The van der Waals surface area contributed by atoms with Gasteiger partial charge < -0.3 is 15.6 Å². The number of nitrogens with one attached hydrogen (secondary N) is 3. The number of para-hydroxylation sites is 1. The molecule has 1 atom stereocenters. The molecule has 3 N–H and O–H groups in total. The number of piperidine rings is 1. The molecular formula is C16H23N3. The minimum Gasteiger partial charge on any atom is -0.361 e. The highest BCUT2D eigenvalue weighted by atomic mass is 15.0. The number of hydrogen-bond acceptors (Lipinski definition) is 2. The van der Waals surface area contributed by atoms with Crippen LogP contribution in [0.2, 0.25) is 0 Å². The van der Waals surface area contributed by atoms with Crippen LogP contribution in [0.1, 0.15) is 24.8 Å². The lowest BCUT2D eigenvalue weighted by atomic mass is 10.1. The van der Waals surface area contributed by atoms with Gasteiger partial charge in [-0.2, -0.15) is 0 Å². The van der Waals surface area contributed by atoms with Crippen molar-refractivity contribution in [2.45, 2.75) is 31.7 Å². The lowest BCUT2D eigenvalue weighted by Crippen LogP contribution is -2.42. The number of aromatic amines is 1. The third-order valence-corrected chi connectivity index (χ3v) is 4.05. The Bertz CT molecular complexity index is 511. The van der Waals surface area contributed by atoms with Gasteiger partial charge in [-0.1, -0.05) is 24.6 Å². The Hall–Kier alpha value is -1.32. The maximum absolute atomic E-state index is 3.58. The summed E-state index contributed by atoms with van der Waals surface area (Å²) in [5, 5.41) is 8.52. The molecule has 0 saturated carbocycles. The monoisotopic (exact) mass is 257 g/mol.